The average Bonchev–Trinajstić information content (AvgIpc) is 2.48. The zero-order chi connectivity index (χ0) is 14.7. The predicted molar refractivity (Wildman–Crippen MR) is 85.6 cm³/mol. The number of benzene rings is 1. The summed E-state index contributed by atoms with van der Waals surface area (Å²) in [6.45, 7) is 0.743. The molecule has 1 aliphatic carbocycles. The Kier molecular flexibility index (Phi) is 4.04. The van der Waals surface area contributed by atoms with Gasteiger partial charge >= 0.3 is 0 Å². The van der Waals surface area contributed by atoms with Gasteiger partial charge in [0.15, 0.2) is 0 Å². The first-order valence-electron chi connectivity index (χ1n) is 7.63. The van der Waals surface area contributed by atoms with Gasteiger partial charge in [-0.2, -0.15) is 0 Å². The van der Waals surface area contributed by atoms with Crippen LogP contribution in [0.3, 0.4) is 0 Å². The van der Waals surface area contributed by atoms with Crippen LogP contribution in [0.25, 0.3) is 10.8 Å². The van der Waals surface area contributed by atoms with E-state index in [-0.39, 0.29) is 5.91 Å². The topological polar surface area (TPSA) is 54.0 Å². The van der Waals surface area contributed by atoms with E-state index in [0.717, 1.165) is 35.5 Å². The van der Waals surface area contributed by atoms with Crippen molar-refractivity contribution in [3.8, 4) is 0 Å². The number of nitrogens with zero attached hydrogens (tertiary/aromatic N) is 1. The van der Waals surface area contributed by atoms with Crippen LogP contribution in [0.15, 0.2) is 30.3 Å². The highest BCUT2D eigenvalue weighted by Crippen LogP contribution is 2.28. The smallest absolute Gasteiger partial charge is 0.269 e. The largest absolute Gasteiger partial charge is 0.373 e. The van der Waals surface area contributed by atoms with Crippen LogP contribution in [0.2, 0.25) is 0 Å². The molecule has 4 nitrogen and oxygen atoms in total. The SMILES string of the molecule is CNc1nc(C(=O)NCCC2CCC2)cc2ccccc12. The lowest BCUT2D eigenvalue weighted by Crippen LogP contribution is -2.28. The van der Waals surface area contributed by atoms with Crippen molar-refractivity contribution in [1.29, 1.82) is 0 Å². The standard InChI is InChI=1S/C17H21N3O/c1-18-16-14-8-3-2-7-13(14)11-15(20-16)17(21)19-10-9-12-5-4-6-12/h2-3,7-8,11-12H,4-6,9-10H2,1H3,(H,18,20)(H,19,21). The van der Waals surface area contributed by atoms with Crippen LogP contribution in [0.4, 0.5) is 5.82 Å². The number of hydrogen-bond acceptors (Lipinski definition) is 3. The van der Waals surface area contributed by atoms with Crippen LogP contribution in [0, 0.1) is 5.92 Å². The third-order valence-corrected chi connectivity index (χ3v) is 4.27. The summed E-state index contributed by atoms with van der Waals surface area (Å²) in [6, 6.07) is 9.81. The molecule has 0 atom stereocenters. The van der Waals surface area contributed by atoms with Gasteiger partial charge in [0.1, 0.15) is 11.5 Å². The molecule has 1 amide bonds. The lowest BCUT2D eigenvalue weighted by molar-refractivity contribution is 0.0944. The number of rotatable bonds is 5. The van der Waals surface area contributed by atoms with E-state index in [1.807, 2.05) is 37.4 Å². The fourth-order valence-electron chi connectivity index (χ4n) is 2.77. The molecule has 0 bridgehead atoms. The molecule has 3 rings (SSSR count). The van der Waals surface area contributed by atoms with Crippen molar-refractivity contribution < 1.29 is 4.79 Å². The number of hydrogen-bond donors (Lipinski definition) is 2. The number of nitrogens with one attached hydrogen (secondary N) is 2. The maximum Gasteiger partial charge on any atom is 0.269 e. The van der Waals surface area contributed by atoms with Gasteiger partial charge in [0, 0.05) is 19.0 Å². The van der Waals surface area contributed by atoms with Crippen LogP contribution in [0.5, 0.6) is 0 Å². The van der Waals surface area contributed by atoms with Crippen molar-refractivity contribution >= 4 is 22.5 Å². The summed E-state index contributed by atoms with van der Waals surface area (Å²) in [4.78, 5) is 16.7. The number of aromatic nitrogens is 1. The van der Waals surface area contributed by atoms with Crippen LogP contribution >= 0.6 is 0 Å². The summed E-state index contributed by atoms with van der Waals surface area (Å²) < 4.78 is 0. The predicted octanol–water partition coefficient (Wildman–Crippen LogP) is 3.20. The van der Waals surface area contributed by atoms with E-state index >= 15 is 0 Å². The molecule has 1 saturated carbocycles. The normalized spacial score (nSPS) is 14.7. The molecule has 1 aromatic carbocycles. The van der Waals surface area contributed by atoms with E-state index in [2.05, 4.69) is 15.6 Å². The van der Waals surface area contributed by atoms with Gasteiger partial charge in [0.2, 0.25) is 0 Å². The summed E-state index contributed by atoms with van der Waals surface area (Å²) in [5, 5.41) is 8.11. The molecule has 1 aromatic heterocycles. The molecule has 2 aromatic rings. The van der Waals surface area contributed by atoms with E-state index < -0.39 is 0 Å². The van der Waals surface area contributed by atoms with Gasteiger partial charge in [0.05, 0.1) is 0 Å². The molecular weight excluding hydrogens is 262 g/mol. The van der Waals surface area contributed by atoms with Gasteiger partial charge in [-0.3, -0.25) is 4.79 Å². The fraction of sp³-hybridized carbons (Fsp3) is 0.412. The molecule has 21 heavy (non-hydrogen) atoms. The molecule has 4 heteroatoms. The van der Waals surface area contributed by atoms with Gasteiger partial charge in [-0.05, 0) is 23.8 Å². The molecule has 1 heterocycles. The Morgan fingerprint density at radius 3 is 2.86 bits per heavy atom. The number of fused-ring (bicyclic) bond motifs is 1. The fourth-order valence-corrected chi connectivity index (χ4v) is 2.77. The maximum atomic E-state index is 12.2. The van der Waals surface area contributed by atoms with Gasteiger partial charge in [-0.15, -0.1) is 0 Å². The van der Waals surface area contributed by atoms with Crippen LogP contribution in [-0.2, 0) is 0 Å². The Morgan fingerprint density at radius 1 is 1.33 bits per heavy atom. The molecular formula is C17H21N3O. The zero-order valence-electron chi connectivity index (χ0n) is 12.4. The van der Waals surface area contributed by atoms with E-state index in [9.17, 15) is 4.79 Å². The minimum absolute atomic E-state index is 0.0865. The Balaban J connectivity index is 1.74. The van der Waals surface area contributed by atoms with Crippen LogP contribution in [0.1, 0.15) is 36.2 Å². The van der Waals surface area contributed by atoms with Crippen molar-refractivity contribution in [3.05, 3.63) is 36.0 Å². The highest BCUT2D eigenvalue weighted by atomic mass is 16.1. The summed E-state index contributed by atoms with van der Waals surface area (Å²) in [6.07, 6.45) is 5.05. The highest BCUT2D eigenvalue weighted by molar-refractivity contribution is 6.00. The van der Waals surface area contributed by atoms with Crippen molar-refractivity contribution in [2.75, 3.05) is 18.9 Å². The molecule has 0 aliphatic heterocycles. The van der Waals surface area contributed by atoms with E-state index in [1.165, 1.54) is 19.3 Å². The number of amides is 1. The van der Waals surface area contributed by atoms with Crippen LogP contribution in [-0.4, -0.2) is 24.5 Å². The number of anilines is 1. The molecule has 0 saturated heterocycles. The second kappa shape index (κ2) is 6.12. The summed E-state index contributed by atoms with van der Waals surface area (Å²) in [5.41, 5.74) is 0.478. The number of carbonyl (C=O) groups excluding carboxylic acids is 1. The van der Waals surface area contributed by atoms with Crippen LogP contribution < -0.4 is 10.6 Å². The van der Waals surface area contributed by atoms with Crippen molar-refractivity contribution in [1.82, 2.24) is 10.3 Å². The van der Waals surface area contributed by atoms with Crippen molar-refractivity contribution in [2.45, 2.75) is 25.7 Å². The lowest BCUT2D eigenvalue weighted by Gasteiger charge is -2.25. The van der Waals surface area contributed by atoms with Gasteiger partial charge < -0.3 is 10.6 Å². The minimum Gasteiger partial charge on any atom is -0.373 e. The zero-order valence-corrected chi connectivity index (χ0v) is 12.4. The first kappa shape index (κ1) is 13.9. The second-order valence-electron chi connectivity index (χ2n) is 5.67. The van der Waals surface area contributed by atoms with E-state index in [4.69, 9.17) is 0 Å². The first-order chi connectivity index (χ1) is 10.3. The Morgan fingerprint density at radius 2 is 2.14 bits per heavy atom. The van der Waals surface area contributed by atoms with E-state index in [1.54, 1.807) is 0 Å². The van der Waals surface area contributed by atoms with Gasteiger partial charge in [-0.25, -0.2) is 4.98 Å². The summed E-state index contributed by atoms with van der Waals surface area (Å²) in [7, 11) is 1.83. The third-order valence-electron chi connectivity index (χ3n) is 4.27. The highest BCUT2D eigenvalue weighted by Gasteiger charge is 2.17. The van der Waals surface area contributed by atoms with Crippen molar-refractivity contribution in [3.63, 3.8) is 0 Å². The lowest BCUT2D eigenvalue weighted by atomic mass is 9.83. The van der Waals surface area contributed by atoms with Crippen molar-refractivity contribution in [2.24, 2.45) is 5.92 Å². The second-order valence-corrected chi connectivity index (χ2v) is 5.67. The summed E-state index contributed by atoms with van der Waals surface area (Å²) >= 11 is 0. The minimum atomic E-state index is -0.0865. The molecule has 1 aliphatic rings. The molecule has 0 unspecified atom stereocenters. The Hall–Kier alpha value is -2.10. The first-order valence-corrected chi connectivity index (χ1v) is 7.63. The Labute approximate surface area is 125 Å². The molecule has 1 fully saturated rings. The molecule has 110 valence electrons. The average molecular weight is 283 g/mol. The maximum absolute atomic E-state index is 12.2. The monoisotopic (exact) mass is 283 g/mol. The quantitative estimate of drug-likeness (QED) is 0.886. The molecule has 0 radical (unpaired) electrons. The van der Waals surface area contributed by atoms with Gasteiger partial charge in [-0.1, -0.05) is 43.5 Å². The number of pyridine rings is 1. The molecule has 0 spiro atoms. The third kappa shape index (κ3) is 2.99. The molecule has 2 N–H and O–H groups in total. The summed E-state index contributed by atoms with van der Waals surface area (Å²) in [5.74, 6) is 1.47. The number of carbonyl (C=O) groups is 1. The van der Waals surface area contributed by atoms with Gasteiger partial charge in [0.25, 0.3) is 5.91 Å². The van der Waals surface area contributed by atoms with E-state index in [0.29, 0.717) is 5.69 Å². The Bertz CT molecular complexity index is 650.